The predicted molar refractivity (Wildman–Crippen MR) is 93.3 cm³/mol. The Morgan fingerprint density at radius 3 is 2.55 bits per heavy atom. The van der Waals surface area contributed by atoms with Gasteiger partial charge in [0.1, 0.15) is 0 Å². The van der Waals surface area contributed by atoms with Crippen LogP contribution in [0.1, 0.15) is 35.4 Å². The van der Waals surface area contributed by atoms with Gasteiger partial charge in [0.05, 0.1) is 0 Å². The fraction of sp³-hybridized carbons (Fsp3) is 0.238. The zero-order valence-corrected chi connectivity index (χ0v) is 13.0. The lowest BCUT2D eigenvalue weighted by Crippen LogP contribution is -2.16. The number of hydrogen-bond acceptors (Lipinski definition) is 1. The number of fused-ring (bicyclic) bond motifs is 2. The van der Waals surface area contributed by atoms with Crippen LogP contribution in [0.15, 0.2) is 72.3 Å². The lowest BCUT2D eigenvalue weighted by molar-refractivity contribution is 0.831. The number of nitrogens with zero attached hydrogens (tertiary/aromatic N) is 1. The second kappa shape index (κ2) is 5.49. The van der Waals surface area contributed by atoms with E-state index in [4.69, 9.17) is 0 Å². The highest BCUT2D eigenvalue weighted by molar-refractivity contribution is 5.63. The van der Waals surface area contributed by atoms with Crippen LogP contribution >= 0.6 is 0 Å². The molecule has 1 heterocycles. The van der Waals surface area contributed by atoms with Crippen LogP contribution in [0.25, 0.3) is 0 Å². The summed E-state index contributed by atoms with van der Waals surface area (Å²) in [4.78, 5) is 2.38. The van der Waals surface area contributed by atoms with Crippen LogP contribution in [0.2, 0.25) is 0 Å². The molecule has 0 spiro atoms. The third-order valence-electron chi connectivity index (χ3n) is 4.85. The smallest absolute Gasteiger partial charge is 0.0429 e. The molecule has 0 amide bonds. The first-order chi connectivity index (χ1) is 10.8. The molecule has 0 N–H and O–H groups in total. The minimum absolute atomic E-state index is 0.391. The normalized spacial score (nSPS) is 20.0. The SMILES string of the molecule is CN1Cc2ccccc2C(C2=CC=CCC2)c2ccccc21. The quantitative estimate of drug-likeness (QED) is 0.710. The molecule has 1 heteroatoms. The molecule has 2 aliphatic rings. The molecule has 22 heavy (non-hydrogen) atoms. The highest BCUT2D eigenvalue weighted by atomic mass is 15.1. The number of hydrogen-bond donors (Lipinski definition) is 0. The average molecular weight is 287 g/mol. The summed E-state index contributed by atoms with van der Waals surface area (Å²) >= 11 is 0. The van der Waals surface area contributed by atoms with Crippen molar-refractivity contribution in [2.75, 3.05) is 11.9 Å². The summed E-state index contributed by atoms with van der Waals surface area (Å²) in [5.74, 6) is 0.391. The van der Waals surface area contributed by atoms with Gasteiger partial charge in [0.2, 0.25) is 0 Å². The van der Waals surface area contributed by atoms with Crippen LogP contribution in [-0.2, 0) is 6.54 Å². The molecule has 0 saturated carbocycles. The summed E-state index contributed by atoms with van der Waals surface area (Å²) in [5, 5.41) is 0. The molecule has 0 aromatic heterocycles. The van der Waals surface area contributed by atoms with Crippen molar-refractivity contribution >= 4 is 5.69 Å². The molecular formula is C21H21N. The van der Waals surface area contributed by atoms with Gasteiger partial charge in [-0.15, -0.1) is 0 Å². The van der Waals surface area contributed by atoms with Crippen molar-refractivity contribution in [2.45, 2.75) is 25.3 Å². The third kappa shape index (κ3) is 2.18. The highest BCUT2D eigenvalue weighted by Crippen LogP contribution is 2.43. The van der Waals surface area contributed by atoms with Crippen molar-refractivity contribution in [1.82, 2.24) is 0 Å². The first-order valence-electron chi connectivity index (χ1n) is 8.08. The molecule has 110 valence electrons. The van der Waals surface area contributed by atoms with Gasteiger partial charge in [0, 0.05) is 25.2 Å². The Balaban J connectivity index is 1.96. The minimum Gasteiger partial charge on any atom is -0.370 e. The van der Waals surface area contributed by atoms with Gasteiger partial charge >= 0.3 is 0 Å². The molecule has 2 aromatic rings. The van der Waals surface area contributed by atoms with Gasteiger partial charge in [-0.2, -0.15) is 0 Å². The average Bonchev–Trinajstić information content (AvgIpc) is 2.70. The summed E-state index contributed by atoms with van der Waals surface area (Å²) in [6.45, 7) is 0.979. The Morgan fingerprint density at radius 2 is 1.73 bits per heavy atom. The van der Waals surface area contributed by atoms with Crippen LogP contribution in [-0.4, -0.2) is 7.05 Å². The summed E-state index contributed by atoms with van der Waals surface area (Å²) in [5.41, 5.74) is 7.26. The number of para-hydroxylation sites is 1. The Morgan fingerprint density at radius 1 is 0.955 bits per heavy atom. The topological polar surface area (TPSA) is 3.24 Å². The van der Waals surface area contributed by atoms with E-state index < -0.39 is 0 Å². The predicted octanol–water partition coefficient (Wildman–Crippen LogP) is 5.04. The van der Waals surface area contributed by atoms with E-state index in [1.54, 1.807) is 0 Å². The molecular weight excluding hydrogens is 266 g/mol. The molecule has 4 rings (SSSR count). The molecule has 1 unspecified atom stereocenters. The Kier molecular flexibility index (Phi) is 3.34. The van der Waals surface area contributed by atoms with Crippen LogP contribution in [0.5, 0.6) is 0 Å². The highest BCUT2D eigenvalue weighted by Gasteiger charge is 2.27. The molecule has 1 aliphatic carbocycles. The van der Waals surface area contributed by atoms with Crippen LogP contribution < -0.4 is 4.90 Å². The van der Waals surface area contributed by atoms with E-state index in [9.17, 15) is 0 Å². The van der Waals surface area contributed by atoms with E-state index in [-0.39, 0.29) is 0 Å². The monoisotopic (exact) mass is 287 g/mol. The van der Waals surface area contributed by atoms with E-state index in [0.29, 0.717) is 5.92 Å². The van der Waals surface area contributed by atoms with Crippen molar-refractivity contribution in [3.8, 4) is 0 Å². The number of benzene rings is 2. The Labute approximate surface area is 132 Å². The number of allylic oxidation sites excluding steroid dienone is 4. The maximum absolute atomic E-state index is 2.38. The molecule has 2 aromatic carbocycles. The molecule has 0 saturated heterocycles. The minimum atomic E-state index is 0.391. The molecule has 1 nitrogen and oxygen atoms in total. The lowest BCUT2D eigenvalue weighted by atomic mass is 9.80. The van der Waals surface area contributed by atoms with E-state index in [1.807, 2.05) is 0 Å². The Bertz CT molecular complexity index is 754. The zero-order chi connectivity index (χ0) is 14.9. The molecule has 0 bridgehead atoms. The van der Waals surface area contributed by atoms with E-state index in [2.05, 4.69) is 78.7 Å². The molecule has 0 fully saturated rings. The third-order valence-corrected chi connectivity index (χ3v) is 4.85. The van der Waals surface area contributed by atoms with Crippen LogP contribution in [0.4, 0.5) is 5.69 Å². The van der Waals surface area contributed by atoms with Gasteiger partial charge < -0.3 is 4.90 Å². The van der Waals surface area contributed by atoms with Gasteiger partial charge in [-0.1, -0.05) is 66.3 Å². The van der Waals surface area contributed by atoms with Crippen molar-refractivity contribution in [2.24, 2.45) is 0 Å². The molecule has 0 radical (unpaired) electrons. The number of rotatable bonds is 1. The summed E-state index contributed by atoms with van der Waals surface area (Å²) in [6, 6.07) is 17.8. The molecule has 1 aliphatic heterocycles. The van der Waals surface area contributed by atoms with Crippen molar-refractivity contribution in [3.63, 3.8) is 0 Å². The standard InChI is InChI=1S/C21H21N/c1-22-15-17-11-5-6-12-18(17)21(16-9-3-2-4-10-16)19-13-7-8-14-20(19)22/h2-3,5-9,11-14,21H,4,10,15H2,1H3. The van der Waals surface area contributed by atoms with Crippen LogP contribution in [0, 0.1) is 0 Å². The summed E-state index contributed by atoms with van der Waals surface area (Å²) < 4.78 is 0. The number of anilines is 1. The zero-order valence-electron chi connectivity index (χ0n) is 13.0. The van der Waals surface area contributed by atoms with Crippen molar-refractivity contribution in [1.29, 1.82) is 0 Å². The van der Waals surface area contributed by atoms with Gasteiger partial charge in [-0.05, 0) is 35.6 Å². The van der Waals surface area contributed by atoms with Crippen molar-refractivity contribution in [3.05, 3.63) is 89.0 Å². The maximum atomic E-state index is 2.38. The van der Waals surface area contributed by atoms with Crippen LogP contribution in [0.3, 0.4) is 0 Å². The summed E-state index contributed by atoms with van der Waals surface area (Å²) in [6.07, 6.45) is 9.13. The van der Waals surface area contributed by atoms with E-state index in [0.717, 1.165) is 19.4 Å². The van der Waals surface area contributed by atoms with E-state index in [1.165, 1.54) is 28.0 Å². The summed E-state index contributed by atoms with van der Waals surface area (Å²) in [7, 11) is 2.20. The lowest BCUT2D eigenvalue weighted by Gasteiger charge is -2.25. The van der Waals surface area contributed by atoms with Crippen molar-refractivity contribution < 1.29 is 0 Å². The first kappa shape index (κ1) is 13.4. The fourth-order valence-electron chi connectivity index (χ4n) is 3.81. The first-order valence-corrected chi connectivity index (χ1v) is 8.08. The van der Waals surface area contributed by atoms with Gasteiger partial charge in [0.25, 0.3) is 0 Å². The molecule has 1 atom stereocenters. The van der Waals surface area contributed by atoms with Gasteiger partial charge in [0.15, 0.2) is 0 Å². The maximum Gasteiger partial charge on any atom is 0.0429 e. The van der Waals surface area contributed by atoms with Gasteiger partial charge in [-0.25, -0.2) is 0 Å². The Hall–Kier alpha value is -2.28. The second-order valence-corrected chi connectivity index (χ2v) is 6.26. The van der Waals surface area contributed by atoms with E-state index >= 15 is 0 Å². The largest absolute Gasteiger partial charge is 0.370 e. The fourth-order valence-corrected chi connectivity index (χ4v) is 3.81. The van der Waals surface area contributed by atoms with Gasteiger partial charge in [-0.3, -0.25) is 0 Å². The second-order valence-electron chi connectivity index (χ2n) is 6.26.